The Labute approximate surface area is 194 Å². The minimum Gasteiger partial charge on any atom is -0.466 e. The van der Waals surface area contributed by atoms with E-state index in [-0.39, 0.29) is 36.2 Å². The van der Waals surface area contributed by atoms with Crippen LogP contribution in [0.3, 0.4) is 0 Å². The number of nitrogens with zero attached hydrogens (tertiary/aromatic N) is 3. The van der Waals surface area contributed by atoms with Crippen LogP contribution in [0.1, 0.15) is 48.9 Å². The highest BCUT2D eigenvalue weighted by molar-refractivity contribution is 6.03. The van der Waals surface area contributed by atoms with Crippen LogP contribution in [0.25, 0.3) is 0 Å². The standard InChI is InChI=1S/C26H30FN3O3/c1-3-33-26(32)21-5-4-14-29(16-21)17-25(31)30-24(20-8-6-18(2)7-9-20)15-23(28-30)19-10-12-22(27)13-11-19/h6-13,21,24H,3-5,14-17H2,1-2H3. The number of hydrogen-bond donors (Lipinski definition) is 0. The van der Waals surface area contributed by atoms with Crippen molar-refractivity contribution in [1.82, 2.24) is 9.91 Å². The first-order valence-electron chi connectivity index (χ1n) is 11.6. The van der Waals surface area contributed by atoms with Gasteiger partial charge in [-0.25, -0.2) is 9.40 Å². The van der Waals surface area contributed by atoms with Crippen LogP contribution in [0, 0.1) is 18.7 Å². The SMILES string of the molecule is CCOC(=O)C1CCCN(CC(=O)N2N=C(c3ccc(F)cc3)CC2c2ccc(C)cc2)C1. The Balaban J connectivity index is 1.53. The van der Waals surface area contributed by atoms with E-state index in [1.807, 2.05) is 36.1 Å². The molecule has 2 heterocycles. The summed E-state index contributed by atoms with van der Waals surface area (Å²) in [5.74, 6) is -0.801. The number of carbonyl (C=O) groups excluding carboxylic acids is 2. The summed E-state index contributed by atoms with van der Waals surface area (Å²) >= 11 is 0. The number of esters is 1. The van der Waals surface area contributed by atoms with Crippen molar-refractivity contribution in [2.45, 2.75) is 39.2 Å². The van der Waals surface area contributed by atoms with Crippen LogP contribution in [0.15, 0.2) is 53.6 Å². The van der Waals surface area contributed by atoms with Crippen LogP contribution in [0.2, 0.25) is 0 Å². The van der Waals surface area contributed by atoms with Gasteiger partial charge in [-0.2, -0.15) is 5.10 Å². The van der Waals surface area contributed by atoms with E-state index in [4.69, 9.17) is 4.74 Å². The molecular formula is C26H30FN3O3. The van der Waals surface area contributed by atoms with E-state index >= 15 is 0 Å². The summed E-state index contributed by atoms with van der Waals surface area (Å²) in [6.07, 6.45) is 2.19. The molecule has 0 radical (unpaired) electrons. The highest BCUT2D eigenvalue weighted by Crippen LogP contribution is 2.33. The molecule has 2 aliphatic heterocycles. The Morgan fingerprint density at radius 2 is 1.85 bits per heavy atom. The molecular weight excluding hydrogens is 421 g/mol. The second-order valence-corrected chi connectivity index (χ2v) is 8.75. The molecule has 0 N–H and O–H groups in total. The van der Waals surface area contributed by atoms with Gasteiger partial charge >= 0.3 is 5.97 Å². The zero-order chi connectivity index (χ0) is 23.4. The van der Waals surface area contributed by atoms with E-state index in [2.05, 4.69) is 5.10 Å². The van der Waals surface area contributed by atoms with Crippen LogP contribution in [0.4, 0.5) is 4.39 Å². The fourth-order valence-corrected chi connectivity index (χ4v) is 4.52. The zero-order valence-electron chi connectivity index (χ0n) is 19.2. The zero-order valence-corrected chi connectivity index (χ0v) is 19.2. The first kappa shape index (κ1) is 23.1. The average molecular weight is 452 g/mol. The van der Waals surface area contributed by atoms with Crippen LogP contribution in [0.5, 0.6) is 0 Å². The number of halogens is 1. The molecule has 33 heavy (non-hydrogen) atoms. The second-order valence-electron chi connectivity index (χ2n) is 8.75. The predicted octanol–water partition coefficient (Wildman–Crippen LogP) is 4.09. The molecule has 2 aromatic rings. The number of hydrazone groups is 1. The van der Waals surface area contributed by atoms with E-state index in [0.717, 1.165) is 41.8 Å². The molecule has 4 rings (SSSR count). The van der Waals surface area contributed by atoms with Crippen molar-refractivity contribution in [1.29, 1.82) is 0 Å². The number of carbonyl (C=O) groups is 2. The van der Waals surface area contributed by atoms with Crippen molar-refractivity contribution in [3.05, 3.63) is 71.0 Å². The largest absolute Gasteiger partial charge is 0.466 e. The summed E-state index contributed by atoms with van der Waals surface area (Å²) < 4.78 is 18.6. The quantitative estimate of drug-likeness (QED) is 0.621. The molecule has 0 aliphatic carbocycles. The van der Waals surface area contributed by atoms with Gasteiger partial charge in [-0.05, 0) is 56.5 Å². The van der Waals surface area contributed by atoms with Crippen LogP contribution < -0.4 is 0 Å². The normalized spacial score (nSPS) is 21.1. The summed E-state index contributed by atoms with van der Waals surface area (Å²) in [6, 6.07) is 14.1. The third kappa shape index (κ3) is 5.47. The minimum atomic E-state index is -0.304. The fraction of sp³-hybridized carbons (Fsp3) is 0.423. The summed E-state index contributed by atoms with van der Waals surface area (Å²) in [5.41, 5.74) is 3.73. The van der Waals surface area contributed by atoms with E-state index in [0.29, 0.717) is 19.6 Å². The van der Waals surface area contributed by atoms with Gasteiger partial charge in [0.2, 0.25) is 0 Å². The van der Waals surface area contributed by atoms with Gasteiger partial charge in [0.05, 0.1) is 30.8 Å². The van der Waals surface area contributed by atoms with Crippen LogP contribution in [-0.2, 0) is 14.3 Å². The van der Waals surface area contributed by atoms with Gasteiger partial charge in [0.15, 0.2) is 0 Å². The molecule has 2 aliphatic rings. The Bertz CT molecular complexity index is 1020. The third-order valence-electron chi connectivity index (χ3n) is 6.29. The second kappa shape index (κ2) is 10.3. The Morgan fingerprint density at radius 1 is 1.12 bits per heavy atom. The molecule has 0 spiro atoms. The Morgan fingerprint density at radius 3 is 2.55 bits per heavy atom. The molecule has 0 saturated carbocycles. The predicted molar refractivity (Wildman–Crippen MR) is 124 cm³/mol. The van der Waals surface area contributed by atoms with Crippen molar-refractivity contribution >= 4 is 17.6 Å². The lowest BCUT2D eigenvalue weighted by Gasteiger charge is -2.32. The average Bonchev–Trinajstić information content (AvgIpc) is 3.26. The number of aryl methyl sites for hydroxylation is 1. The lowest BCUT2D eigenvalue weighted by molar-refractivity contribution is -0.150. The maximum absolute atomic E-state index is 13.4. The van der Waals surface area contributed by atoms with Gasteiger partial charge in [-0.1, -0.05) is 42.0 Å². The summed E-state index contributed by atoms with van der Waals surface area (Å²) in [5, 5.41) is 6.24. The van der Waals surface area contributed by atoms with Gasteiger partial charge in [0.25, 0.3) is 5.91 Å². The summed E-state index contributed by atoms with van der Waals surface area (Å²) in [6.45, 7) is 5.66. The van der Waals surface area contributed by atoms with Gasteiger partial charge in [0.1, 0.15) is 5.82 Å². The van der Waals surface area contributed by atoms with Gasteiger partial charge in [-0.3, -0.25) is 14.5 Å². The van der Waals surface area contributed by atoms with Crippen molar-refractivity contribution in [3.63, 3.8) is 0 Å². The lowest BCUT2D eigenvalue weighted by Crippen LogP contribution is -2.44. The molecule has 2 aromatic carbocycles. The first-order valence-corrected chi connectivity index (χ1v) is 11.6. The fourth-order valence-electron chi connectivity index (χ4n) is 4.52. The molecule has 6 nitrogen and oxygen atoms in total. The van der Waals surface area contributed by atoms with E-state index in [1.54, 1.807) is 24.1 Å². The van der Waals surface area contributed by atoms with E-state index in [9.17, 15) is 14.0 Å². The molecule has 1 amide bonds. The molecule has 174 valence electrons. The topological polar surface area (TPSA) is 62.2 Å². The van der Waals surface area contributed by atoms with Gasteiger partial charge in [-0.15, -0.1) is 0 Å². The highest BCUT2D eigenvalue weighted by Gasteiger charge is 2.35. The van der Waals surface area contributed by atoms with E-state index < -0.39 is 0 Å². The monoisotopic (exact) mass is 451 g/mol. The Kier molecular flexibility index (Phi) is 7.18. The number of piperidine rings is 1. The van der Waals surface area contributed by atoms with Crippen molar-refractivity contribution in [2.24, 2.45) is 11.0 Å². The molecule has 7 heteroatoms. The molecule has 1 saturated heterocycles. The smallest absolute Gasteiger partial charge is 0.310 e. The number of rotatable bonds is 6. The maximum atomic E-state index is 13.4. The molecule has 2 atom stereocenters. The molecule has 0 aromatic heterocycles. The molecule has 0 bridgehead atoms. The van der Waals surface area contributed by atoms with Crippen molar-refractivity contribution in [2.75, 3.05) is 26.2 Å². The first-order chi connectivity index (χ1) is 15.9. The summed E-state index contributed by atoms with van der Waals surface area (Å²) in [4.78, 5) is 27.6. The van der Waals surface area contributed by atoms with E-state index in [1.165, 1.54) is 12.1 Å². The number of likely N-dealkylation sites (tertiary alicyclic amines) is 1. The van der Waals surface area contributed by atoms with Gasteiger partial charge < -0.3 is 4.74 Å². The van der Waals surface area contributed by atoms with Crippen molar-refractivity contribution < 1.29 is 18.7 Å². The molecule has 2 unspecified atom stereocenters. The molecule has 1 fully saturated rings. The van der Waals surface area contributed by atoms with Crippen LogP contribution in [-0.4, -0.2) is 53.7 Å². The number of hydrogen-bond acceptors (Lipinski definition) is 5. The number of amides is 1. The number of ether oxygens (including phenoxy) is 1. The highest BCUT2D eigenvalue weighted by atomic mass is 19.1. The number of benzene rings is 2. The van der Waals surface area contributed by atoms with Gasteiger partial charge in [0, 0.05) is 13.0 Å². The third-order valence-corrected chi connectivity index (χ3v) is 6.29. The maximum Gasteiger partial charge on any atom is 0.310 e. The van der Waals surface area contributed by atoms with Crippen LogP contribution >= 0.6 is 0 Å². The summed E-state index contributed by atoms with van der Waals surface area (Å²) in [7, 11) is 0. The minimum absolute atomic E-state index is 0.109. The Hall–Kier alpha value is -3.06. The lowest BCUT2D eigenvalue weighted by atomic mass is 9.97. The van der Waals surface area contributed by atoms with Crippen molar-refractivity contribution in [3.8, 4) is 0 Å².